The first kappa shape index (κ1) is 13.8. The molecule has 0 saturated heterocycles. The van der Waals surface area contributed by atoms with Crippen molar-refractivity contribution in [2.45, 2.75) is 20.5 Å². The number of aromatic hydroxyl groups is 1. The number of hydrogen-bond donors (Lipinski definition) is 3. The topological polar surface area (TPSA) is 117 Å². The highest BCUT2D eigenvalue weighted by Crippen LogP contribution is 2.38. The maximum Gasteiger partial charge on any atom is 0.469 e. The van der Waals surface area contributed by atoms with Gasteiger partial charge in [-0.05, 0) is 13.8 Å². The fourth-order valence-electron chi connectivity index (χ4n) is 1.29. The summed E-state index contributed by atoms with van der Waals surface area (Å²) in [6.45, 7) is 2.24. The smallest absolute Gasteiger partial charge is 0.469 e. The molecule has 0 unspecified atom stereocenters. The van der Waals surface area contributed by atoms with Crippen LogP contribution in [0.1, 0.15) is 28.5 Å². The van der Waals surface area contributed by atoms with Crippen LogP contribution < -0.4 is 0 Å². The lowest BCUT2D eigenvalue weighted by Crippen LogP contribution is -2.04. The summed E-state index contributed by atoms with van der Waals surface area (Å²) in [7, 11) is -4.63. The van der Waals surface area contributed by atoms with Gasteiger partial charge in [0.1, 0.15) is 5.75 Å². The maximum absolute atomic E-state index is 11.3. The predicted molar refractivity (Wildman–Crippen MR) is 57.5 cm³/mol. The Kier molecular flexibility index (Phi) is 4.00. The van der Waals surface area contributed by atoms with E-state index in [1.54, 1.807) is 0 Å². The molecule has 3 N–H and O–H groups in total. The third-order valence-electron chi connectivity index (χ3n) is 2.05. The Morgan fingerprint density at radius 3 is 2.59 bits per heavy atom. The fraction of sp³-hybridized carbons (Fsp3) is 0.333. The van der Waals surface area contributed by atoms with Crippen molar-refractivity contribution in [3.8, 4) is 5.75 Å². The molecule has 17 heavy (non-hydrogen) atoms. The summed E-state index contributed by atoms with van der Waals surface area (Å²) >= 11 is 0. The van der Waals surface area contributed by atoms with Gasteiger partial charge in [0, 0.05) is 11.8 Å². The molecule has 0 aliphatic carbocycles. The van der Waals surface area contributed by atoms with Gasteiger partial charge < -0.3 is 14.9 Å². The van der Waals surface area contributed by atoms with Crippen LogP contribution in [0, 0.1) is 6.92 Å². The molecule has 1 aromatic heterocycles. The molecule has 94 valence electrons. The van der Waals surface area contributed by atoms with Crippen LogP contribution in [-0.4, -0.2) is 25.7 Å². The lowest BCUT2D eigenvalue weighted by molar-refractivity contribution is 0.101. The van der Waals surface area contributed by atoms with Gasteiger partial charge in [-0.25, -0.2) is 4.57 Å². The Bertz CT molecular complexity index is 495. The third kappa shape index (κ3) is 3.61. The van der Waals surface area contributed by atoms with E-state index < -0.39 is 20.2 Å². The van der Waals surface area contributed by atoms with Crippen molar-refractivity contribution in [3.63, 3.8) is 0 Å². The van der Waals surface area contributed by atoms with Crippen molar-refractivity contribution < 1.29 is 28.8 Å². The number of hydrogen-bond acceptors (Lipinski definition) is 5. The number of Topliss-reactive ketones (excluding diaryl/α,β-unsaturated/α-hetero) is 1. The van der Waals surface area contributed by atoms with Crippen molar-refractivity contribution in [2.75, 3.05) is 0 Å². The summed E-state index contributed by atoms with van der Waals surface area (Å²) in [5.41, 5.74) is 0.352. The highest BCUT2D eigenvalue weighted by atomic mass is 31.2. The van der Waals surface area contributed by atoms with E-state index in [1.807, 2.05) is 0 Å². The molecule has 0 radical (unpaired) electrons. The Balaban J connectivity index is 3.12. The predicted octanol–water partition coefficient (Wildman–Crippen LogP) is 0.908. The molecule has 8 heteroatoms. The van der Waals surface area contributed by atoms with Gasteiger partial charge in [0.05, 0.1) is 17.9 Å². The van der Waals surface area contributed by atoms with Crippen LogP contribution in [0.3, 0.4) is 0 Å². The molecule has 1 aromatic rings. The number of aryl methyl sites for hydroxylation is 1. The van der Waals surface area contributed by atoms with Gasteiger partial charge >= 0.3 is 7.82 Å². The molecule has 7 nitrogen and oxygen atoms in total. The minimum absolute atomic E-state index is 0.0362. The number of carbonyl (C=O) groups is 1. The van der Waals surface area contributed by atoms with Crippen LogP contribution >= 0.6 is 7.82 Å². The SMILES string of the molecule is CC(=O)c1c(COP(=O)(O)O)cnc(C)c1O. The van der Waals surface area contributed by atoms with Gasteiger partial charge in [-0.2, -0.15) is 0 Å². The van der Waals surface area contributed by atoms with Crippen molar-refractivity contribution in [1.29, 1.82) is 0 Å². The average Bonchev–Trinajstić information content (AvgIpc) is 2.18. The molecular weight excluding hydrogens is 249 g/mol. The lowest BCUT2D eigenvalue weighted by Gasteiger charge is -2.11. The molecule has 1 rings (SSSR count). The van der Waals surface area contributed by atoms with Crippen LogP contribution in [0.2, 0.25) is 0 Å². The average molecular weight is 261 g/mol. The van der Waals surface area contributed by atoms with Gasteiger partial charge in [0.2, 0.25) is 0 Å². The Morgan fingerprint density at radius 1 is 1.53 bits per heavy atom. The van der Waals surface area contributed by atoms with Gasteiger partial charge in [0.15, 0.2) is 5.78 Å². The highest BCUT2D eigenvalue weighted by Gasteiger charge is 2.19. The second-order valence-corrected chi connectivity index (χ2v) is 4.65. The molecule has 0 spiro atoms. The normalized spacial score (nSPS) is 11.5. The monoisotopic (exact) mass is 261 g/mol. The Morgan fingerprint density at radius 2 is 2.12 bits per heavy atom. The lowest BCUT2D eigenvalue weighted by atomic mass is 10.1. The van der Waals surface area contributed by atoms with Crippen LogP contribution in [0.5, 0.6) is 5.75 Å². The van der Waals surface area contributed by atoms with E-state index in [-0.39, 0.29) is 22.6 Å². The molecule has 0 amide bonds. The summed E-state index contributed by atoms with van der Waals surface area (Å²) in [6, 6.07) is 0. The highest BCUT2D eigenvalue weighted by molar-refractivity contribution is 7.46. The Hall–Kier alpha value is -1.27. The van der Waals surface area contributed by atoms with E-state index in [4.69, 9.17) is 9.79 Å². The molecule has 0 aromatic carbocycles. The number of carbonyl (C=O) groups excluding carboxylic acids is 1. The van der Waals surface area contributed by atoms with Crippen LogP contribution in [0.15, 0.2) is 6.20 Å². The van der Waals surface area contributed by atoms with Crippen molar-refractivity contribution in [3.05, 3.63) is 23.0 Å². The third-order valence-corrected chi connectivity index (χ3v) is 2.52. The molecule has 0 bridgehead atoms. The number of rotatable bonds is 4. The first-order valence-electron chi connectivity index (χ1n) is 4.61. The summed E-state index contributed by atoms with van der Waals surface area (Å²) in [5.74, 6) is -0.735. The number of nitrogens with zero attached hydrogens (tertiary/aromatic N) is 1. The van der Waals surface area contributed by atoms with Crippen molar-refractivity contribution >= 4 is 13.6 Å². The van der Waals surface area contributed by atoms with Crippen LogP contribution in [0.4, 0.5) is 0 Å². The quantitative estimate of drug-likeness (QED) is 0.544. The van der Waals surface area contributed by atoms with Gasteiger partial charge in [-0.15, -0.1) is 0 Å². The number of pyridine rings is 1. The minimum atomic E-state index is -4.63. The van der Waals surface area contributed by atoms with Crippen molar-refractivity contribution in [2.24, 2.45) is 0 Å². The zero-order chi connectivity index (χ0) is 13.2. The number of ketones is 1. The standard InChI is InChI=1S/C9H12NO6P/c1-5-9(12)8(6(2)11)7(3-10-5)4-16-17(13,14)15/h3,12H,4H2,1-2H3,(H2,13,14,15). The molecule has 0 aliphatic heterocycles. The summed E-state index contributed by atoms with van der Waals surface area (Å²) in [5, 5.41) is 9.65. The zero-order valence-corrected chi connectivity index (χ0v) is 10.1. The fourth-order valence-corrected chi connectivity index (χ4v) is 1.60. The molecular formula is C9H12NO6P. The van der Waals surface area contributed by atoms with E-state index in [0.29, 0.717) is 0 Å². The minimum Gasteiger partial charge on any atom is -0.505 e. The second-order valence-electron chi connectivity index (χ2n) is 3.41. The zero-order valence-electron chi connectivity index (χ0n) is 9.25. The summed E-state index contributed by atoms with van der Waals surface area (Å²) < 4.78 is 14.8. The van der Waals surface area contributed by atoms with Gasteiger partial charge in [-0.3, -0.25) is 14.3 Å². The first-order valence-corrected chi connectivity index (χ1v) is 6.14. The van der Waals surface area contributed by atoms with Gasteiger partial charge in [-0.1, -0.05) is 0 Å². The van der Waals surface area contributed by atoms with Crippen LogP contribution in [0.25, 0.3) is 0 Å². The van der Waals surface area contributed by atoms with E-state index in [9.17, 15) is 14.5 Å². The van der Waals surface area contributed by atoms with Crippen LogP contribution in [-0.2, 0) is 15.7 Å². The Labute approximate surface area is 97.3 Å². The first-order chi connectivity index (χ1) is 7.72. The maximum atomic E-state index is 11.3. The molecule has 0 atom stereocenters. The molecule has 0 aliphatic rings. The second kappa shape index (κ2) is 4.93. The largest absolute Gasteiger partial charge is 0.505 e. The van der Waals surface area contributed by atoms with E-state index >= 15 is 0 Å². The molecule has 0 saturated carbocycles. The van der Waals surface area contributed by atoms with E-state index in [0.717, 1.165) is 0 Å². The van der Waals surface area contributed by atoms with Gasteiger partial charge in [0.25, 0.3) is 0 Å². The number of phosphoric acid groups is 1. The van der Waals surface area contributed by atoms with E-state index in [2.05, 4.69) is 9.51 Å². The number of aromatic nitrogens is 1. The molecule has 0 fully saturated rings. The van der Waals surface area contributed by atoms with Crippen molar-refractivity contribution in [1.82, 2.24) is 4.98 Å². The number of phosphoric ester groups is 1. The summed E-state index contributed by atoms with van der Waals surface area (Å²) in [6.07, 6.45) is 1.24. The summed E-state index contributed by atoms with van der Waals surface area (Å²) in [4.78, 5) is 32.2. The van der Waals surface area contributed by atoms with E-state index in [1.165, 1.54) is 20.0 Å². The molecule has 1 heterocycles.